The van der Waals surface area contributed by atoms with Crippen LogP contribution in [0, 0.1) is 0 Å². The van der Waals surface area contributed by atoms with E-state index in [0.29, 0.717) is 0 Å². The Morgan fingerprint density at radius 1 is 1.31 bits per heavy atom. The molecule has 0 unspecified atom stereocenters. The number of pyridine rings is 1. The van der Waals surface area contributed by atoms with Crippen molar-refractivity contribution in [3.63, 3.8) is 0 Å². The number of aromatic nitrogens is 1. The van der Waals surface area contributed by atoms with Crippen LogP contribution >= 0.6 is 15.9 Å². The molecule has 70 valence electrons. The standard InChI is InChI=1S/C10H14BrNSi/c1-13(2,3)5-4-9-6-10(11)8-12-7-9/h4-8H,1-3H3/b5-4+. The molecule has 0 aliphatic rings. The first-order valence-corrected chi connectivity index (χ1v) is 8.64. The lowest BCUT2D eigenvalue weighted by atomic mass is 10.3. The van der Waals surface area contributed by atoms with Crippen LogP contribution in [0.15, 0.2) is 28.6 Å². The summed E-state index contributed by atoms with van der Waals surface area (Å²) in [6, 6.07) is 2.07. The Kier molecular flexibility index (Phi) is 3.45. The zero-order valence-electron chi connectivity index (χ0n) is 8.21. The minimum absolute atomic E-state index is 1.03. The highest BCUT2D eigenvalue weighted by Crippen LogP contribution is 2.12. The summed E-state index contributed by atoms with van der Waals surface area (Å²) in [6.45, 7) is 6.94. The second kappa shape index (κ2) is 4.20. The number of hydrogen-bond acceptors (Lipinski definition) is 1. The van der Waals surface area contributed by atoms with Gasteiger partial charge in [-0.2, -0.15) is 0 Å². The van der Waals surface area contributed by atoms with E-state index >= 15 is 0 Å². The second-order valence-electron chi connectivity index (χ2n) is 4.14. The number of halogens is 1. The van der Waals surface area contributed by atoms with Crippen molar-refractivity contribution in [1.82, 2.24) is 4.98 Å². The first kappa shape index (κ1) is 10.7. The van der Waals surface area contributed by atoms with E-state index in [2.05, 4.69) is 58.4 Å². The van der Waals surface area contributed by atoms with Crippen molar-refractivity contribution in [2.75, 3.05) is 0 Å². The number of hydrogen-bond donors (Lipinski definition) is 0. The summed E-state index contributed by atoms with van der Waals surface area (Å²) in [7, 11) is -1.08. The SMILES string of the molecule is C[Si](C)(C)/C=C/c1cncc(Br)c1. The Hall–Kier alpha value is -0.413. The van der Waals surface area contributed by atoms with Gasteiger partial charge >= 0.3 is 0 Å². The van der Waals surface area contributed by atoms with Gasteiger partial charge in [0, 0.05) is 16.9 Å². The maximum Gasteiger partial charge on any atom is 0.0687 e. The van der Waals surface area contributed by atoms with Gasteiger partial charge in [0.1, 0.15) is 0 Å². The van der Waals surface area contributed by atoms with Crippen LogP contribution in [-0.2, 0) is 0 Å². The molecule has 0 radical (unpaired) electrons. The fraction of sp³-hybridized carbons (Fsp3) is 0.300. The molecule has 13 heavy (non-hydrogen) atoms. The predicted octanol–water partition coefficient (Wildman–Crippen LogP) is 3.73. The Labute approximate surface area is 89.0 Å². The number of nitrogens with zero attached hydrogens (tertiary/aromatic N) is 1. The van der Waals surface area contributed by atoms with Gasteiger partial charge in [0.25, 0.3) is 0 Å². The van der Waals surface area contributed by atoms with E-state index in [-0.39, 0.29) is 0 Å². The smallest absolute Gasteiger partial charge is 0.0687 e. The third-order valence-corrected chi connectivity index (χ3v) is 3.10. The van der Waals surface area contributed by atoms with Gasteiger partial charge in [0.15, 0.2) is 0 Å². The molecule has 0 bridgehead atoms. The average molecular weight is 256 g/mol. The molecule has 0 aromatic carbocycles. The fourth-order valence-electron chi connectivity index (χ4n) is 0.866. The second-order valence-corrected chi connectivity index (χ2v) is 10.1. The summed E-state index contributed by atoms with van der Waals surface area (Å²) in [5, 5.41) is 0. The maximum absolute atomic E-state index is 4.10. The van der Waals surface area contributed by atoms with Crippen LogP contribution in [0.5, 0.6) is 0 Å². The summed E-state index contributed by atoms with van der Waals surface area (Å²) in [6.07, 6.45) is 5.83. The molecule has 3 heteroatoms. The van der Waals surface area contributed by atoms with Crippen LogP contribution in [0.3, 0.4) is 0 Å². The van der Waals surface area contributed by atoms with Crippen LogP contribution in [-0.4, -0.2) is 13.1 Å². The van der Waals surface area contributed by atoms with Crippen molar-refractivity contribution in [2.45, 2.75) is 19.6 Å². The molecule has 1 heterocycles. The van der Waals surface area contributed by atoms with Crippen molar-refractivity contribution in [1.29, 1.82) is 0 Å². The molecular formula is C10H14BrNSi. The van der Waals surface area contributed by atoms with E-state index in [4.69, 9.17) is 0 Å². The average Bonchev–Trinajstić information content (AvgIpc) is 2.00. The molecule has 0 aliphatic carbocycles. The van der Waals surface area contributed by atoms with E-state index in [9.17, 15) is 0 Å². The zero-order valence-corrected chi connectivity index (χ0v) is 10.8. The molecular weight excluding hydrogens is 242 g/mol. The van der Waals surface area contributed by atoms with Crippen LogP contribution in [0.2, 0.25) is 19.6 Å². The Balaban J connectivity index is 2.80. The molecule has 0 amide bonds. The van der Waals surface area contributed by atoms with Crippen LogP contribution in [0.25, 0.3) is 6.08 Å². The van der Waals surface area contributed by atoms with E-state index in [1.165, 1.54) is 0 Å². The molecule has 0 N–H and O–H groups in total. The summed E-state index contributed by atoms with van der Waals surface area (Å²) >= 11 is 3.40. The van der Waals surface area contributed by atoms with Crippen LogP contribution < -0.4 is 0 Å². The molecule has 0 aliphatic heterocycles. The van der Waals surface area contributed by atoms with Gasteiger partial charge in [0.05, 0.1) is 8.07 Å². The van der Waals surface area contributed by atoms with Crippen LogP contribution in [0.1, 0.15) is 5.56 Å². The fourth-order valence-corrected chi connectivity index (χ4v) is 1.94. The zero-order chi connectivity index (χ0) is 9.90. The topological polar surface area (TPSA) is 12.9 Å². The van der Waals surface area contributed by atoms with Crippen molar-refractivity contribution < 1.29 is 0 Å². The molecule has 0 fully saturated rings. The van der Waals surface area contributed by atoms with Gasteiger partial charge < -0.3 is 0 Å². The highest BCUT2D eigenvalue weighted by Gasteiger charge is 2.06. The normalized spacial score (nSPS) is 12.3. The number of rotatable bonds is 2. The Morgan fingerprint density at radius 3 is 2.54 bits per heavy atom. The van der Waals surface area contributed by atoms with E-state index in [1.807, 2.05) is 6.20 Å². The Morgan fingerprint density at radius 2 is 2.00 bits per heavy atom. The summed E-state index contributed by atoms with van der Waals surface area (Å²) in [5.74, 6) is 0. The van der Waals surface area contributed by atoms with Gasteiger partial charge in [-0.3, -0.25) is 4.98 Å². The third kappa shape index (κ3) is 4.38. The maximum atomic E-state index is 4.10. The molecule has 0 atom stereocenters. The molecule has 0 saturated heterocycles. The minimum atomic E-state index is -1.08. The molecule has 1 rings (SSSR count). The lowest BCUT2D eigenvalue weighted by Crippen LogP contribution is -2.15. The van der Waals surface area contributed by atoms with Crippen LogP contribution in [0.4, 0.5) is 0 Å². The summed E-state index contributed by atoms with van der Waals surface area (Å²) in [4.78, 5) is 4.10. The molecule has 1 nitrogen and oxygen atoms in total. The van der Waals surface area contributed by atoms with Crippen molar-refractivity contribution in [3.8, 4) is 0 Å². The largest absolute Gasteiger partial charge is 0.263 e. The lowest BCUT2D eigenvalue weighted by Gasteiger charge is -2.07. The van der Waals surface area contributed by atoms with E-state index in [0.717, 1.165) is 10.0 Å². The Bertz CT molecular complexity index is 315. The predicted molar refractivity (Wildman–Crippen MR) is 64.3 cm³/mol. The summed E-state index contributed by atoms with van der Waals surface area (Å²) in [5.41, 5.74) is 3.48. The van der Waals surface area contributed by atoms with E-state index in [1.54, 1.807) is 6.20 Å². The van der Waals surface area contributed by atoms with Gasteiger partial charge in [0.2, 0.25) is 0 Å². The monoisotopic (exact) mass is 255 g/mol. The van der Waals surface area contributed by atoms with Gasteiger partial charge in [-0.1, -0.05) is 31.4 Å². The van der Waals surface area contributed by atoms with E-state index < -0.39 is 8.07 Å². The van der Waals surface area contributed by atoms with Crippen molar-refractivity contribution in [3.05, 3.63) is 34.2 Å². The first-order chi connectivity index (χ1) is 5.97. The molecule has 1 aromatic heterocycles. The molecule has 1 aromatic rings. The van der Waals surface area contributed by atoms with Gasteiger partial charge in [-0.25, -0.2) is 0 Å². The first-order valence-electron chi connectivity index (χ1n) is 4.27. The highest BCUT2D eigenvalue weighted by molar-refractivity contribution is 9.10. The van der Waals surface area contributed by atoms with Crippen molar-refractivity contribution in [2.24, 2.45) is 0 Å². The quantitative estimate of drug-likeness (QED) is 0.734. The van der Waals surface area contributed by atoms with Gasteiger partial charge in [-0.05, 0) is 27.6 Å². The lowest BCUT2D eigenvalue weighted by molar-refractivity contribution is 1.30. The molecule has 0 saturated carbocycles. The third-order valence-electron chi connectivity index (χ3n) is 1.50. The minimum Gasteiger partial charge on any atom is -0.263 e. The molecule has 0 spiro atoms. The summed E-state index contributed by atoms with van der Waals surface area (Å²) < 4.78 is 1.03. The highest BCUT2D eigenvalue weighted by atomic mass is 79.9. The van der Waals surface area contributed by atoms with Crippen molar-refractivity contribution >= 4 is 30.1 Å². The van der Waals surface area contributed by atoms with Gasteiger partial charge in [-0.15, -0.1) is 0 Å².